The van der Waals surface area contributed by atoms with E-state index in [0.717, 1.165) is 5.06 Å². The molecule has 0 radical (unpaired) electrons. The molecule has 6 heteroatoms. The Balaban J connectivity index is 2.78. The van der Waals surface area contributed by atoms with Gasteiger partial charge >= 0.3 is 5.91 Å². The SMILES string of the molecule is CON(C)C(=O)c1nc(Br)cs1. The van der Waals surface area contributed by atoms with Gasteiger partial charge in [-0.3, -0.25) is 9.63 Å². The molecule has 1 heterocycles. The van der Waals surface area contributed by atoms with Crippen molar-refractivity contribution in [3.8, 4) is 0 Å². The Morgan fingerprint density at radius 2 is 2.50 bits per heavy atom. The topological polar surface area (TPSA) is 42.4 Å². The van der Waals surface area contributed by atoms with Crippen LogP contribution in [0.25, 0.3) is 0 Å². The van der Waals surface area contributed by atoms with Crippen LogP contribution in [-0.2, 0) is 4.84 Å². The van der Waals surface area contributed by atoms with Crippen molar-refractivity contribution in [2.75, 3.05) is 14.2 Å². The molecule has 0 atom stereocenters. The van der Waals surface area contributed by atoms with Crippen LogP contribution in [0.5, 0.6) is 0 Å². The normalized spacial score (nSPS) is 9.92. The molecule has 0 fully saturated rings. The summed E-state index contributed by atoms with van der Waals surface area (Å²) in [6.45, 7) is 0. The van der Waals surface area contributed by atoms with Gasteiger partial charge in [0, 0.05) is 12.4 Å². The predicted octanol–water partition coefficient (Wildman–Crippen LogP) is 1.54. The van der Waals surface area contributed by atoms with Crippen LogP contribution in [0.3, 0.4) is 0 Å². The number of carbonyl (C=O) groups excluding carboxylic acids is 1. The fraction of sp³-hybridized carbons (Fsp3) is 0.333. The van der Waals surface area contributed by atoms with E-state index in [2.05, 4.69) is 20.9 Å². The van der Waals surface area contributed by atoms with Crippen LogP contribution >= 0.6 is 27.3 Å². The van der Waals surface area contributed by atoms with Gasteiger partial charge in [0.25, 0.3) is 0 Å². The number of thiazole rings is 1. The molecule has 1 aromatic rings. The van der Waals surface area contributed by atoms with Gasteiger partial charge in [0.05, 0.1) is 7.11 Å². The van der Waals surface area contributed by atoms with E-state index in [1.807, 2.05) is 0 Å². The predicted molar refractivity (Wildman–Crippen MR) is 48.9 cm³/mol. The van der Waals surface area contributed by atoms with Gasteiger partial charge in [-0.15, -0.1) is 11.3 Å². The lowest BCUT2D eigenvalue weighted by Gasteiger charge is -2.10. The number of aromatic nitrogens is 1. The zero-order valence-corrected chi connectivity index (χ0v) is 8.98. The average molecular weight is 251 g/mol. The Hall–Kier alpha value is -0.460. The molecule has 1 rings (SSSR count). The third-order valence-corrected chi connectivity index (χ3v) is 2.76. The van der Waals surface area contributed by atoms with E-state index in [1.54, 1.807) is 5.38 Å². The molecule has 0 aliphatic rings. The molecular weight excluding hydrogens is 244 g/mol. The Morgan fingerprint density at radius 3 is 2.92 bits per heavy atom. The Morgan fingerprint density at radius 1 is 1.83 bits per heavy atom. The second kappa shape index (κ2) is 3.97. The van der Waals surface area contributed by atoms with Crippen molar-refractivity contribution in [2.24, 2.45) is 0 Å². The van der Waals surface area contributed by atoms with E-state index < -0.39 is 0 Å². The van der Waals surface area contributed by atoms with E-state index in [1.165, 1.54) is 25.5 Å². The lowest BCUT2D eigenvalue weighted by molar-refractivity contribution is -0.0757. The lowest BCUT2D eigenvalue weighted by Crippen LogP contribution is -2.25. The third-order valence-electron chi connectivity index (χ3n) is 1.22. The van der Waals surface area contributed by atoms with Gasteiger partial charge in [-0.05, 0) is 15.9 Å². The second-order valence-electron chi connectivity index (χ2n) is 1.96. The van der Waals surface area contributed by atoms with Crippen LogP contribution in [0, 0.1) is 0 Å². The number of hydroxylamine groups is 2. The van der Waals surface area contributed by atoms with Crippen LogP contribution in [0.15, 0.2) is 9.98 Å². The largest absolute Gasteiger partial charge is 0.306 e. The van der Waals surface area contributed by atoms with Crippen molar-refractivity contribution >= 4 is 33.2 Å². The molecule has 0 spiro atoms. The number of carbonyl (C=O) groups is 1. The number of hydrogen-bond donors (Lipinski definition) is 0. The zero-order chi connectivity index (χ0) is 9.14. The van der Waals surface area contributed by atoms with Crippen LogP contribution in [0.2, 0.25) is 0 Å². The van der Waals surface area contributed by atoms with Crippen molar-refractivity contribution < 1.29 is 9.63 Å². The highest BCUT2D eigenvalue weighted by Crippen LogP contribution is 2.15. The van der Waals surface area contributed by atoms with Crippen molar-refractivity contribution in [1.29, 1.82) is 0 Å². The maximum Gasteiger partial charge on any atom is 0.306 e. The molecule has 0 bridgehead atoms. The summed E-state index contributed by atoms with van der Waals surface area (Å²) in [6, 6.07) is 0. The molecule has 0 saturated carbocycles. The second-order valence-corrected chi connectivity index (χ2v) is 3.63. The molecule has 1 aromatic heterocycles. The first-order valence-corrected chi connectivity index (χ1v) is 4.75. The Kier molecular flexibility index (Phi) is 3.19. The summed E-state index contributed by atoms with van der Waals surface area (Å²) < 4.78 is 0.667. The molecule has 4 nitrogen and oxygen atoms in total. The summed E-state index contributed by atoms with van der Waals surface area (Å²) >= 11 is 4.43. The van der Waals surface area contributed by atoms with Gasteiger partial charge in [0.2, 0.25) is 0 Å². The van der Waals surface area contributed by atoms with E-state index >= 15 is 0 Å². The molecule has 1 amide bonds. The van der Waals surface area contributed by atoms with Gasteiger partial charge < -0.3 is 0 Å². The van der Waals surface area contributed by atoms with Crippen LogP contribution in [0.4, 0.5) is 0 Å². The van der Waals surface area contributed by atoms with Gasteiger partial charge in [0.15, 0.2) is 5.01 Å². The highest BCUT2D eigenvalue weighted by atomic mass is 79.9. The van der Waals surface area contributed by atoms with Crippen LogP contribution in [-0.4, -0.2) is 30.1 Å². The molecule has 66 valence electrons. The molecule has 0 aromatic carbocycles. The minimum absolute atomic E-state index is 0.242. The first-order chi connectivity index (χ1) is 5.65. The quantitative estimate of drug-likeness (QED) is 0.749. The number of rotatable bonds is 2. The van der Waals surface area contributed by atoms with E-state index in [9.17, 15) is 4.79 Å². The monoisotopic (exact) mass is 250 g/mol. The summed E-state index contributed by atoms with van der Waals surface area (Å²) in [5.41, 5.74) is 0. The Labute approximate surface area is 82.2 Å². The van der Waals surface area contributed by atoms with Gasteiger partial charge in [-0.25, -0.2) is 10.0 Å². The van der Waals surface area contributed by atoms with E-state index in [0.29, 0.717) is 9.61 Å². The smallest absolute Gasteiger partial charge is 0.274 e. The van der Waals surface area contributed by atoms with Crippen LogP contribution < -0.4 is 0 Å². The first kappa shape index (κ1) is 9.63. The third kappa shape index (κ3) is 2.02. The van der Waals surface area contributed by atoms with Crippen molar-refractivity contribution in [3.05, 3.63) is 15.0 Å². The molecule has 0 aliphatic heterocycles. The molecule has 0 saturated heterocycles. The minimum Gasteiger partial charge on any atom is -0.274 e. The van der Waals surface area contributed by atoms with Crippen molar-refractivity contribution in [2.45, 2.75) is 0 Å². The molecule has 0 N–H and O–H groups in total. The summed E-state index contributed by atoms with van der Waals surface area (Å²) in [6.07, 6.45) is 0. The molecular formula is C6H7BrN2O2S. The number of halogens is 1. The number of amides is 1. The fourth-order valence-electron chi connectivity index (χ4n) is 0.570. The maximum absolute atomic E-state index is 11.3. The van der Waals surface area contributed by atoms with E-state index in [-0.39, 0.29) is 5.91 Å². The first-order valence-electron chi connectivity index (χ1n) is 3.08. The molecule has 0 unspecified atom stereocenters. The minimum atomic E-state index is -0.242. The van der Waals surface area contributed by atoms with Gasteiger partial charge in [-0.2, -0.15) is 0 Å². The van der Waals surface area contributed by atoms with Gasteiger partial charge in [-0.1, -0.05) is 0 Å². The summed E-state index contributed by atoms with van der Waals surface area (Å²) in [7, 11) is 2.97. The van der Waals surface area contributed by atoms with Gasteiger partial charge in [0.1, 0.15) is 4.60 Å². The number of nitrogens with zero attached hydrogens (tertiary/aromatic N) is 2. The van der Waals surface area contributed by atoms with Crippen molar-refractivity contribution in [3.63, 3.8) is 0 Å². The highest BCUT2D eigenvalue weighted by Gasteiger charge is 2.14. The fourth-order valence-corrected chi connectivity index (χ4v) is 1.79. The summed E-state index contributed by atoms with van der Waals surface area (Å²) in [5, 5.41) is 3.29. The van der Waals surface area contributed by atoms with Crippen LogP contribution in [0.1, 0.15) is 9.80 Å². The zero-order valence-electron chi connectivity index (χ0n) is 6.57. The maximum atomic E-state index is 11.3. The standard InChI is InChI=1S/C6H7BrN2O2S/c1-9(11-2)6(10)5-8-4(7)3-12-5/h3H,1-2H3. The summed E-state index contributed by atoms with van der Waals surface area (Å²) in [4.78, 5) is 20.0. The molecule has 12 heavy (non-hydrogen) atoms. The Bertz CT molecular complexity index is 289. The summed E-state index contributed by atoms with van der Waals surface area (Å²) in [5.74, 6) is -0.242. The van der Waals surface area contributed by atoms with Crippen molar-refractivity contribution in [1.82, 2.24) is 10.0 Å². The average Bonchev–Trinajstić information content (AvgIpc) is 2.49. The molecule has 0 aliphatic carbocycles. The van der Waals surface area contributed by atoms with E-state index in [4.69, 9.17) is 4.84 Å². The highest BCUT2D eigenvalue weighted by molar-refractivity contribution is 9.10. The number of hydrogen-bond acceptors (Lipinski definition) is 4. The lowest BCUT2D eigenvalue weighted by atomic mass is 10.6.